The van der Waals surface area contributed by atoms with Crippen molar-refractivity contribution in [2.24, 2.45) is 0 Å². The first-order valence-electron chi connectivity index (χ1n) is 9.71. The predicted octanol–water partition coefficient (Wildman–Crippen LogP) is 3.61. The summed E-state index contributed by atoms with van der Waals surface area (Å²) in [5.41, 5.74) is 4.67. The minimum atomic E-state index is -0.113. The Bertz CT molecular complexity index is 1080. The van der Waals surface area contributed by atoms with Gasteiger partial charge < -0.3 is 5.32 Å². The first kappa shape index (κ1) is 18.7. The monoisotopic (exact) mass is 385 g/mol. The maximum atomic E-state index is 12.9. The highest BCUT2D eigenvalue weighted by Gasteiger charge is 2.17. The van der Waals surface area contributed by atoms with Crippen molar-refractivity contribution in [3.63, 3.8) is 0 Å². The van der Waals surface area contributed by atoms with Crippen LogP contribution in [0.1, 0.15) is 34.1 Å². The fraction of sp³-hybridized carbons (Fsp3) is 0.174. The normalized spacial score (nSPS) is 10.8. The van der Waals surface area contributed by atoms with Crippen molar-refractivity contribution in [2.45, 2.75) is 26.4 Å². The molecule has 6 nitrogen and oxygen atoms in total. The van der Waals surface area contributed by atoms with Gasteiger partial charge in [0.15, 0.2) is 0 Å². The fourth-order valence-corrected chi connectivity index (χ4v) is 3.42. The van der Waals surface area contributed by atoms with Crippen LogP contribution in [0.4, 0.5) is 0 Å². The zero-order valence-corrected chi connectivity index (χ0v) is 16.3. The first-order valence-corrected chi connectivity index (χ1v) is 9.71. The number of hydrogen-bond acceptors (Lipinski definition) is 3. The summed E-state index contributed by atoms with van der Waals surface area (Å²) in [6, 6.07) is 19.9. The molecule has 0 saturated heterocycles. The van der Waals surface area contributed by atoms with Crippen LogP contribution in [0.25, 0.3) is 5.69 Å². The molecule has 0 radical (unpaired) electrons. The summed E-state index contributed by atoms with van der Waals surface area (Å²) in [6.07, 6.45) is 6.06. The summed E-state index contributed by atoms with van der Waals surface area (Å²) in [6.45, 7) is 3.16. The lowest BCUT2D eigenvalue weighted by atomic mass is 10.1. The standard InChI is InChI=1S/C23H23N5O/c1-2-22-21(16-26-28(22)20-11-4-3-5-12-20)23(29)24-15-18-9-6-7-10-19(18)17-27-14-8-13-25-27/h3-14,16H,2,15,17H2,1H3,(H,24,29). The Labute approximate surface area is 169 Å². The third-order valence-electron chi connectivity index (χ3n) is 4.90. The smallest absolute Gasteiger partial charge is 0.255 e. The molecule has 0 atom stereocenters. The SMILES string of the molecule is CCc1c(C(=O)NCc2ccccc2Cn2cccn2)cnn1-c1ccccc1. The van der Waals surface area contributed by atoms with E-state index >= 15 is 0 Å². The highest BCUT2D eigenvalue weighted by molar-refractivity contribution is 5.95. The average molecular weight is 385 g/mol. The molecule has 0 aliphatic rings. The lowest BCUT2D eigenvalue weighted by Crippen LogP contribution is -2.24. The van der Waals surface area contributed by atoms with E-state index in [9.17, 15) is 4.79 Å². The Kier molecular flexibility index (Phi) is 5.52. The fourth-order valence-electron chi connectivity index (χ4n) is 3.42. The third kappa shape index (κ3) is 4.11. The van der Waals surface area contributed by atoms with Crippen molar-refractivity contribution < 1.29 is 4.79 Å². The first-order chi connectivity index (χ1) is 14.3. The van der Waals surface area contributed by atoms with Crippen molar-refractivity contribution in [3.05, 3.63) is 102 Å². The van der Waals surface area contributed by atoms with Crippen LogP contribution in [0, 0.1) is 0 Å². The van der Waals surface area contributed by atoms with Crippen molar-refractivity contribution in [2.75, 3.05) is 0 Å². The quantitative estimate of drug-likeness (QED) is 0.529. The van der Waals surface area contributed by atoms with Gasteiger partial charge in [-0.3, -0.25) is 9.48 Å². The second kappa shape index (κ2) is 8.56. The molecule has 1 amide bonds. The Morgan fingerprint density at radius 3 is 2.45 bits per heavy atom. The minimum absolute atomic E-state index is 0.113. The van der Waals surface area contributed by atoms with Crippen LogP contribution < -0.4 is 5.32 Å². The molecule has 0 aliphatic carbocycles. The van der Waals surface area contributed by atoms with E-state index in [0.717, 1.165) is 22.5 Å². The third-order valence-corrected chi connectivity index (χ3v) is 4.90. The number of carbonyl (C=O) groups excluding carboxylic acids is 1. The van der Waals surface area contributed by atoms with Gasteiger partial charge >= 0.3 is 0 Å². The molecular formula is C23H23N5O. The number of nitrogens with one attached hydrogen (secondary N) is 1. The molecule has 146 valence electrons. The van der Waals surface area contributed by atoms with Crippen molar-refractivity contribution >= 4 is 5.91 Å². The van der Waals surface area contributed by atoms with Crippen LogP contribution in [-0.4, -0.2) is 25.5 Å². The van der Waals surface area contributed by atoms with E-state index in [1.807, 2.05) is 77.1 Å². The van der Waals surface area contributed by atoms with Crippen LogP contribution in [0.3, 0.4) is 0 Å². The molecule has 0 saturated carbocycles. The molecule has 0 unspecified atom stereocenters. The van der Waals surface area contributed by atoms with Crippen LogP contribution in [0.5, 0.6) is 0 Å². The van der Waals surface area contributed by atoms with Crippen molar-refractivity contribution in [1.82, 2.24) is 24.9 Å². The molecule has 2 heterocycles. The highest BCUT2D eigenvalue weighted by Crippen LogP contribution is 2.16. The number of hydrogen-bond donors (Lipinski definition) is 1. The van der Waals surface area contributed by atoms with Gasteiger partial charge in [-0.1, -0.05) is 49.4 Å². The van der Waals surface area contributed by atoms with Gasteiger partial charge in [-0.15, -0.1) is 0 Å². The summed E-state index contributed by atoms with van der Waals surface area (Å²) in [7, 11) is 0. The van der Waals surface area contributed by atoms with E-state index in [1.54, 1.807) is 12.4 Å². The van der Waals surface area contributed by atoms with Gasteiger partial charge in [0.25, 0.3) is 5.91 Å². The molecule has 2 aromatic heterocycles. The van der Waals surface area contributed by atoms with Crippen LogP contribution >= 0.6 is 0 Å². The van der Waals surface area contributed by atoms with Gasteiger partial charge in [0.1, 0.15) is 0 Å². The van der Waals surface area contributed by atoms with Crippen LogP contribution in [-0.2, 0) is 19.5 Å². The van der Waals surface area contributed by atoms with Crippen molar-refractivity contribution in [3.8, 4) is 5.69 Å². The molecule has 0 aliphatic heterocycles. The lowest BCUT2D eigenvalue weighted by Gasteiger charge is -2.12. The maximum Gasteiger partial charge on any atom is 0.255 e. The largest absolute Gasteiger partial charge is 0.348 e. The van der Waals surface area contributed by atoms with Gasteiger partial charge in [0, 0.05) is 18.9 Å². The topological polar surface area (TPSA) is 64.7 Å². The molecule has 0 fully saturated rings. The zero-order valence-electron chi connectivity index (χ0n) is 16.3. The molecule has 4 aromatic rings. The Hall–Kier alpha value is -3.67. The number of benzene rings is 2. The molecule has 0 bridgehead atoms. The number of aromatic nitrogens is 4. The minimum Gasteiger partial charge on any atom is -0.348 e. The van der Waals surface area contributed by atoms with Gasteiger partial charge in [-0.05, 0) is 35.7 Å². The van der Waals surface area contributed by atoms with E-state index in [-0.39, 0.29) is 5.91 Å². The predicted molar refractivity (Wildman–Crippen MR) is 112 cm³/mol. The Morgan fingerprint density at radius 2 is 1.72 bits per heavy atom. The Balaban J connectivity index is 1.51. The molecular weight excluding hydrogens is 362 g/mol. The van der Waals surface area contributed by atoms with E-state index in [0.29, 0.717) is 25.1 Å². The number of carbonyl (C=O) groups is 1. The average Bonchev–Trinajstić information content (AvgIpc) is 3.43. The second-order valence-electron chi connectivity index (χ2n) is 6.76. The molecule has 1 N–H and O–H groups in total. The number of para-hydroxylation sites is 1. The van der Waals surface area contributed by atoms with Gasteiger partial charge in [0.05, 0.1) is 29.7 Å². The van der Waals surface area contributed by atoms with Gasteiger partial charge in [0.2, 0.25) is 0 Å². The summed E-state index contributed by atoms with van der Waals surface area (Å²) in [5.74, 6) is -0.113. The molecule has 2 aromatic carbocycles. The molecule has 29 heavy (non-hydrogen) atoms. The Morgan fingerprint density at radius 1 is 0.966 bits per heavy atom. The lowest BCUT2D eigenvalue weighted by molar-refractivity contribution is 0.0950. The summed E-state index contributed by atoms with van der Waals surface area (Å²) in [5, 5.41) is 11.8. The van der Waals surface area contributed by atoms with Gasteiger partial charge in [-0.2, -0.15) is 10.2 Å². The second-order valence-corrected chi connectivity index (χ2v) is 6.76. The zero-order chi connectivity index (χ0) is 20.1. The number of rotatable bonds is 7. The van der Waals surface area contributed by atoms with Crippen molar-refractivity contribution in [1.29, 1.82) is 0 Å². The van der Waals surface area contributed by atoms with E-state index < -0.39 is 0 Å². The highest BCUT2D eigenvalue weighted by atomic mass is 16.1. The van der Waals surface area contributed by atoms with E-state index in [1.165, 1.54) is 0 Å². The van der Waals surface area contributed by atoms with E-state index in [4.69, 9.17) is 0 Å². The summed E-state index contributed by atoms with van der Waals surface area (Å²) >= 11 is 0. The van der Waals surface area contributed by atoms with Gasteiger partial charge in [-0.25, -0.2) is 4.68 Å². The molecule has 0 spiro atoms. The summed E-state index contributed by atoms with van der Waals surface area (Å²) in [4.78, 5) is 12.9. The van der Waals surface area contributed by atoms with E-state index in [2.05, 4.69) is 21.6 Å². The number of nitrogens with zero attached hydrogens (tertiary/aromatic N) is 4. The number of amides is 1. The molecule has 6 heteroatoms. The van der Waals surface area contributed by atoms with Crippen LogP contribution in [0.15, 0.2) is 79.3 Å². The van der Waals surface area contributed by atoms with Crippen LogP contribution in [0.2, 0.25) is 0 Å². The summed E-state index contributed by atoms with van der Waals surface area (Å²) < 4.78 is 3.71. The molecule has 4 rings (SSSR count). The maximum absolute atomic E-state index is 12.9.